The second-order valence-electron chi connectivity index (χ2n) is 7.05. The van der Waals surface area contributed by atoms with Crippen molar-refractivity contribution in [3.8, 4) is 0 Å². The standard InChI is InChI=1S/C22H33N3.H2/c1-7-20-8-9-21(16-22(20)18(4)17(2)3)19(5)23-10-11-25-14-12-24(6)13-15-25;/h7-9,16,23H,2,5,10-15H2,1,3-4,6H3;1H/b20-7+,22-18-;. The van der Waals surface area contributed by atoms with Gasteiger partial charge in [0.05, 0.1) is 0 Å². The molecule has 0 saturated carbocycles. The summed E-state index contributed by atoms with van der Waals surface area (Å²) in [5.74, 6) is 0. The Morgan fingerprint density at radius 2 is 1.88 bits per heavy atom. The molecule has 0 unspecified atom stereocenters. The summed E-state index contributed by atoms with van der Waals surface area (Å²) in [5, 5.41) is 5.99. The van der Waals surface area contributed by atoms with Crippen LogP contribution in [0.25, 0.3) is 17.3 Å². The van der Waals surface area contributed by atoms with Gasteiger partial charge in [0, 0.05) is 46.4 Å². The van der Waals surface area contributed by atoms with E-state index in [0.29, 0.717) is 0 Å². The van der Waals surface area contributed by atoms with Gasteiger partial charge in [0.15, 0.2) is 0 Å². The minimum atomic E-state index is 0. The van der Waals surface area contributed by atoms with E-state index >= 15 is 0 Å². The largest absolute Gasteiger partial charge is 0.384 e. The molecule has 0 bridgehead atoms. The minimum Gasteiger partial charge on any atom is -0.384 e. The van der Waals surface area contributed by atoms with Gasteiger partial charge in [-0.25, -0.2) is 0 Å². The Morgan fingerprint density at radius 3 is 2.48 bits per heavy atom. The molecule has 0 aliphatic carbocycles. The van der Waals surface area contributed by atoms with Gasteiger partial charge in [-0.3, -0.25) is 4.90 Å². The molecule has 2 rings (SSSR count). The zero-order valence-corrected chi connectivity index (χ0v) is 16.4. The van der Waals surface area contributed by atoms with Gasteiger partial charge in [-0.2, -0.15) is 0 Å². The molecule has 1 saturated heterocycles. The predicted octanol–water partition coefficient (Wildman–Crippen LogP) is 2.29. The minimum absolute atomic E-state index is 0. The summed E-state index contributed by atoms with van der Waals surface area (Å²) in [6.45, 7) is 21.2. The summed E-state index contributed by atoms with van der Waals surface area (Å²) in [4.78, 5) is 4.90. The lowest BCUT2D eigenvalue weighted by atomic mass is 10.0. The summed E-state index contributed by atoms with van der Waals surface area (Å²) in [6, 6.07) is 6.55. The van der Waals surface area contributed by atoms with Crippen molar-refractivity contribution >= 4 is 17.3 Å². The number of hydrogen-bond acceptors (Lipinski definition) is 3. The monoisotopic (exact) mass is 341 g/mol. The van der Waals surface area contributed by atoms with Crippen LogP contribution in [0.5, 0.6) is 0 Å². The van der Waals surface area contributed by atoms with Crippen LogP contribution in [0.1, 0.15) is 27.8 Å². The number of likely N-dealkylation sites (N-methyl/N-ethyl adjacent to an activating group) is 1. The average Bonchev–Trinajstić information content (AvgIpc) is 2.62. The van der Waals surface area contributed by atoms with Crippen molar-refractivity contribution in [3.05, 3.63) is 52.9 Å². The van der Waals surface area contributed by atoms with Gasteiger partial charge >= 0.3 is 0 Å². The van der Waals surface area contributed by atoms with Gasteiger partial charge < -0.3 is 10.2 Å². The van der Waals surface area contributed by atoms with E-state index in [4.69, 9.17) is 0 Å². The molecule has 1 aliphatic heterocycles. The van der Waals surface area contributed by atoms with Crippen LogP contribution in [0.15, 0.2) is 36.9 Å². The normalized spacial score (nSPS) is 18.2. The molecule has 1 fully saturated rings. The summed E-state index contributed by atoms with van der Waals surface area (Å²) >= 11 is 0. The van der Waals surface area contributed by atoms with Crippen LogP contribution < -0.4 is 15.8 Å². The fourth-order valence-electron chi connectivity index (χ4n) is 3.09. The second-order valence-corrected chi connectivity index (χ2v) is 7.05. The molecule has 0 spiro atoms. The smallest absolute Gasteiger partial charge is 0.0341 e. The van der Waals surface area contributed by atoms with E-state index in [1.165, 1.54) is 16.0 Å². The van der Waals surface area contributed by atoms with Crippen LogP contribution in [0, 0.1) is 0 Å². The van der Waals surface area contributed by atoms with Gasteiger partial charge in [0.1, 0.15) is 0 Å². The summed E-state index contributed by atoms with van der Waals surface area (Å²) < 4.78 is 0. The maximum absolute atomic E-state index is 4.24. The maximum Gasteiger partial charge on any atom is 0.0341 e. The first-order chi connectivity index (χ1) is 11.9. The highest BCUT2D eigenvalue weighted by molar-refractivity contribution is 5.65. The molecular formula is C22H35N3. The van der Waals surface area contributed by atoms with Crippen LogP contribution in [-0.4, -0.2) is 56.1 Å². The predicted molar refractivity (Wildman–Crippen MR) is 113 cm³/mol. The fourth-order valence-corrected chi connectivity index (χ4v) is 3.09. The number of benzene rings is 1. The molecule has 3 heteroatoms. The molecule has 0 aromatic heterocycles. The van der Waals surface area contributed by atoms with Crippen molar-refractivity contribution in [1.82, 2.24) is 15.1 Å². The Morgan fingerprint density at radius 1 is 1.20 bits per heavy atom. The highest BCUT2D eigenvalue weighted by atomic mass is 15.2. The topological polar surface area (TPSA) is 18.5 Å². The maximum atomic E-state index is 4.24. The van der Waals surface area contributed by atoms with Gasteiger partial charge in [0.25, 0.3) is 0 Å². The number of piperazine rings is 1. The van der Waals surface area contributed by atoms with Gasteiger partial charge in [-0.15, -0.1) is 0 Å². The van der Waals surface area contributed by atoms with E-state index in [1.807, 2.05) is 0 Å². The van der Waals surface area contributed by atoms with Crippen molar-refractivity contribution in [3.63, 3.8) is 0 Å². The van der Waals surface area contributed by atoms with Crippen LogP contribution in [0.2, 0.25) is 0 Å². The first-order valence-corrected chi connectivity index (χ1v) is 9.19. The number of hydrogen-bond donors (Lipinski definition) is 1. The van der Waals surface area contributed by atoms with E-state index in [2.05, 4.69) is 80.4 Å². The molecule has 25 heavy (non-hydrogen) atoms. The Bertz CT molecular complexity index is 743. The zero-order chi connectivity index (χ0) is 18.4. The number of rotatable bonds is 6. The first-order valence-electron chi connectivity index (χ1n) is 9.19. The molecule has 0 radical (unpaired) electrons. The Balaban J connectivity index is 0.00000338. The lowest BCUT2D eigenvalue weighted by Gasteiger charge is -2.32. The third-order valence-corrected chi connectivity index (χ3v) is 5.12. The van der Waals surface area contributed by atoms with Crippen molar-refractivity contribution < 1.29 is 1.43 Å². The summed E-state index contributed by atoms with van der Waals surface area (Å²) in [6.07, 6.45) is 2.15. The van der Waals surface area contributed by atoms with E-state index in [0.717, 1.165) is 56.1 Å². The summed E-state index contributed by atoms with van der Waals surface area (Å²) in [7, 11) is 2.19. The van der Waals surface area contributed by atoms with Crippen LogP contribution in [0.3, 0.4) is 0 Å². The van der Waals surface area contributed by atoms with E-state index in [1.54, 1.807) is 0 Å². The third kappa shape index (κ3) is 5.32. The SMILES string of the molecule is C=C(C)/C(C)=c1/cc(C(=C)NCCN2CCN(C)CC2)cc/c1=C\C.[HH]. The van der Waals surface area contributed by atoms with Crippen LogP contribution >= 0.6 is 0 Å². The van der Waals surface area contributed by atoms with E-state index in [9.17, 15) is 0 Å². The van der Waals surface area contributed by atoms with Crippen LogP contribution in [0.4, 0.5) is 0 Å². The molecule has 3 nitrogen and oxygen atoms in total. The molecule has 1 aromatic rings. The average molecular weight is 342 g/mol. The van der Waals surface area contributed by atoms with E-state index in [-0.39, 0.29) is 1.43 Å². The van der Waals surface area contributed by atoms with E-state index < -0.39 is 0 Å². The van der Waals surface area contributed by atoms with Crippen LogP contribution in [-0.2, 0) is 0 Å². The number of nitrogens with zero attached hydrogens (tertiary/aromatic N) is 2. The lowest BCUT2D eigenvalue weighted by Crippen LogP contribution is -2.46. The molecular weight excluding hydrogens is 306 g/mol. The second kappa shape index (κ2) is 9.02. The highest BCUT2D eigenvalue weighted by Gasteiger charge is 2.12. The molecule has 0 atom stereocenters. The number of allylic oxidation sites excluding steroid dienone is 1. The van der Waals surface area contributed by atoms with Gasteiger partial charge in [-0.1, -0.05) is 36.9 Å². The number of nitrogens with one attached hydrogen (secondary N) is 1. The third-order valence-electron chi connectivity index (χ3n) is 5.12. The highest BCUT2D eigenvalue weighted by Crippen LogP contribution is 2.08. The van der Waals surface area contributed by atoms with Gasteiger partial charge in [0.2, 0.25) is 0 Å². The van der Waals surface area contributed by atoms with Gasteiger partial charge in [-0.05, 0) is 55.5 Å². The van der Waals surface area contributed by atoms with Crippen molar-refractivity contribution in [2.75, 3.05) is 46.3 Å². The Kier molecular flexibility index (Phi) is 7.03. The van der Waals surface area contributed by atoms with Crippen molar-refractivity contribution in [2.45, 2.75) is 20.8 Å². The Labute approximate surface area is 154 Å². The Hall–Kier alpha value is -1.84. The molecule has 1 heterocycles. The first kappa shape index (κ1) is 19.5. The molecule has 1 aromatic carbocycles. The molecule has 1 N–H and O–H groups in total. The molecule has 138 valence electrons. The quantitative estimate of drug-likeness (QED) is 0.856. The van der Waals surface area contributed by atoms with Crippen molar-refractivity contribution in [1.29, 1.82) is 0 Å². The van der Waals surface area contributed by atoms with Crippen molar-refractivity contribution in [2.24, 2.45) is 0 Å². The zero-order valence-electron chi connectivity index (χ0n) is 16.4. The molecule has 0 amide bonds. The lowest BCUT2D eigenvalue weighted by molar-refractivity contribution is 0.156. The fraction of sp³-hybridized carbons (Fsp3) is 0.455. The molecule has 1 aliphatic rings. The summed E-state index contributed by atoms with van der Waals surface area (Å²) in [5.41, 5.74) is 4.49.